The van der Waals surface area contributed by atoms with Crippen LogP contribution in [0.2, 0.25) is 0 Å². The van der Waals surface area contributed by atoms with Gasteiger partial charge in [0.2, 0.25) is 0 Å². The molecule has 0 unspecified atom stereocenters. The average Bonchev–Trinajstić information content (AvgIpc) is 3.64. The zero-order valence-corrected chi connectivity index (χ0v) is 28.6. The normalized spacial score (nSPS) is 11.8. The van der Waals surface area contributed by atoms with Crippen LogP contribution in [-0.4, -0.2) is 19.4 Å². The van der Waals surface area contributed by atoms with Crippen LogP contribution in [0.4, 0.5) is 0 Å². The van der Waals surface area contributed by atoms with Crippen molar-refractivity contribution >= 4 is 59.6 Å². The Morgan fingerprint density at radius 2 is 0.925 bits per heavy atom. The third-order valence-electron chi connectivity index (χ3n) is 10.6. The monoisotopic (exact) mass is 674 g/mol. The van der Waals surface area contributed by atoms with Crippen molar-refractivity contribution in [3.63, 3.8) is 0 Å². The highest BCUT2D eigenvalue weighted by atomic mass is 15.1. The highest BCUT2D eigenvalue weighted by molar-refractivity contribution is 6.23. The first-order valence-electron chi connectivity index (χ1n) is 17.9. The van der Waals surface area contributed by atoms with E-state index >= 15 is 0 Å². The minimum absolute atomic E-state index is 0.812. The summed E-state index contributed by atoms with van der Waals surface area (Å²) in [4.78, 5) is 14.9. The molecule has 11 rings (SSSR count). The van der Waals surface area contributed by atoms with Gasteiger partial charge in [0.1, 0.15) is 17.0 Å². The van der Waals surface area contributed by atoms with Crippen LogP contribution in [-0.2, 0) is 0 Å². The molecule has 0 saturated carbocycles. The summed E-state index contributed by atoms with van der Waals surface area (Å²) in [6, 6.07) is 60.7. The molecular formula is C49H30N4. The average molecular weight is 675 g/mol. The molecule has 0 radical (unpaired) electrons. The van der Waals surface area contributed by atoms with Crippen molar-refractivity contribution in [2.75, 3.05) is 0 Å². The van der Waals surface area contributed by atoms with Crippen molar-refractivity contribution in [1.29, 1.82) is 0 Å². The van der Waals surface area contributed by atoms with E-state index in [1.165, 1.54) is 54.6 Å². The molecule has 4 nitrogen and oxygen atoms in total. The van der Waals surface area contributed by atoms with Crippen molar-refractivity contribution in [2.24, 2.45) is 0 Å². The summed E-state index contributed by atoms with van der Waals surface area (Å²) < 4.78 is 2.27. The molecule has 11 aromatic rings. The maximum Gasteiger partial charge on any atom is 0.146 e. The molecule has 0 aliphatic carbocycles. The Hall–Kier alpha value is -7.17. The Bertz CT molecular complexity index is 3160. The van der Waals surface area contributed by atoms with E-state index in [0.29, 0.717) is 0 Å². The van der Waals surface area contributed by atoms with Crippen LogP contribution in [0.15, 0.2) is 182 Å². The molecule has 0 saturated heterocycles. The Morgan fingerprint density at radius 1 is 0.377 bits per heavy atom. The second-order valence-electron chi connectivity index (χ2n) is 13.6. The molecule has 4 heterocycles. The SMILES string of the molecule is c1ccc(-c2nc3c4ccc(-c5c6ccccc6c(-c6ccc7ccccc7c6)c6ccccc56)cc4c4ccccc4n3c2-c2ccccn2)nc1. The minimum atomic E-state index is 0.812. The van der Waals surface area contributed by atoms with Crippen LogP contribution >= 0.6 is 0 Å². The van der Waals surface area contributed by atoms with E-state index in [1.807, 2.05) is 42.7 Å². The largest absolute Gasteiger partial charge is 0.290 e. The second-order valence-corrected chi connectivity index (χ2v) is 13.6. The number of aromatic nitrogens is 4. The first-order chi connectivity index (χ1) is 26.3. The third-order valence-corrected chi connectivity index (χ3v) is 10.6. The Morgan fingerprint density at radius 3 is 1.58 bits per heavy atom. The van der Waals surface area contributed by atoms with E-state index in [0.717, 1.165) is 50.1 Å². The van der Waals surface area contributed by atoms with Crippen molar-refractivity contribution in [3.8, 4) is 45.0 Å². The van der Waals surface area contributed by atoms with Gasteiger partial charge in [0, 0.05) is 23.2 Å². The van der Waals surface area contributed by atoms with E-state index in [9.17, 15) is 0 Å². The number of imidazole rings is 1. The number of benzene rings is 7. The summed E-state index contributed by atoms with van der Waals surface area (Å²) in [5, 5.41) is 10.8. The van der Waals surface area contributed by atoms with Gasteiger partial charge in [-0.15, -0.1) is 0 Å². The lowest BCUT2D eigenvalue weighted by atomic mass is 9.85. The van der Waals surface area contributed by atoms with Gasteiger partial charge in [-0.3, -0.25) is 14.4 Å². The van der Waals surface area contributed by atoms with Gasteiger partial charge in [-0.1, -0.05) is 121 Å². The lowest BCUT2D eigenvalue weighted by molar-refractivity contribution is 1.22. The van der Waals surface area contributed by atoms with E-state index in [1.54, 1.807) is 0 Å². The quantitative estimate of drug-likeness (QED) is 0.138. The van der Waals surface area contributed by atoms with Gasteiger partial charge in [-0.2, -0.15) is 0 Å². The van der Waals surface area contributed by atoms with Gasteiger partial charge < -0.3 is 0 Å². The first kappa shape index (κ1) is 29.5. The number of rotatable bonds is 4. The van der Waals surface area contributed by atoms with E-state index in [2.05, 4.69) is 144 Å². The molecule has 246 valence electrons. The fourth-order valence-corrected chi connectivity index (χ4v) is 8.37. The number of fused-ring (bicyclic) bond motifs is 9. The molecule has 4 aromatic heterocycles. The standard InChI is InChI=1S/C49H30N4/c1-2-14-32-29-33(24-23-31(32)13-1)45-36-16-3-5-18-38(36)46(39-19-6-4-17-37(39)45)34-25-26-40-41(30-34)35-15-7-8-22-44(35)53-48(43-21-10-12-28-51-43)47(52-49(40)53)42-20-9-11-27-50-42/h1-30H. The molecule has 0 spiro atoms. The molecule has 0 aliphatic rings. The lowest BCUT2D eigenvalue weighted by Crippen LogP contribution is -1.96. The zero-order chi connectivity index (χ0) is 34.9. The van der Waals surface area contributed by atoms with Gasteiger partial charge in [0.25, 0.3) is 0 Å². The maximum absolute atomic E-state index is 5.37. The highest BCUT2D eigenvalue weighted by Gasteiger charge is 2.23. The fraction of sp³-hybridized carbons (Fsp3) is 0. The lowest BCUT2D eigenvalue weighted by Gasteiger charge is -2.19. The number of nitrogens with zero attached hydrogens (tertiary/aromatic N) is 4. The van der Waals surface area contributed by atoms with Crippen LogP contribution in [0.1, 0.15) is 0 Å². The van der Waals surface area contributed by atoms with E-state index in [4.69, 9.17) is 15.0 Å². The van der Waals surface area contributed by atoms with E-state index in [-0.39, 0.29) is 0 Å². The molecule has 53 heavy (non-hydrogen) atoms. The van der Waals surface area contributed by atoms with Gasteiger partial charge in [0.15, 0.2) is 0 Å². The second kappa shape index (κ2) is 11.7. The van der Waals surface area contributed by atoms with Gasteiger partial charge in [-0.05, 0) is 108 Å². The summed E-state index contributed by atoms with van der Waals surface area (Å²) in [5.74, 6) is 0. The molecule has 7 aromatic carbocycles. The number of para-hydroxylation sites is 1. The van der Waals surface area contributed by atoms with E-state index < -0.39 is 0 Å². The Labute approximate surface area is 305 Å². The maximum atomic E-state index is 5.37. The van der Waals surface area contributed by atoms with Gasteiger partial charge >= 0.3 is 0 Å². The van der Waals surface area contributed by atoms with Crippen LogP contribution < -0.4 is 0 Å². The van der Waals surface area contributed by atoms with Crippen LogP contribution in [0, 0.1) is 0 Å². The number of pyridine rings is 3. The molecular weight excluding hydrogens is 645 g/mol. The molecule has 0 atom stereocenters. The van der Waals surface area contributed by atoms with Crippen LogP contribution in [0.3, 0.4) is 0 Å². The molecule has 0 bridgehead atoms. The fourth-order valence-electron chi connectivity index (χ4n) is 8.37. The molecule has 4 heteroatoms. The predicted molar refractivity (Wildman–Crippen MR) is 220 cm³/mol. The minimum Gasteiger partial charge on any atom is -0.290 e. The smallest absolute Gasteiger partial charge is 0.146 e. The Balaban J connectivity index is 1.22. The summed E-state index contributed by atoms with van der Waals surface area (Å²) >= 11 is 0. The van der Waals surface area contributed by atoms with Crippen LogP contribution in [0.5, 0.6) is 0 Å². The topological polar surface area (TPSA) is 43.1 Å². The van der Waals surface area contributed by atoms with Crippen molar-refractivity contribution in [1.82, 2.24) is 19.4 Å². The highest BCUT2D eigenvalue weighted by Crippen LogP contribution is 2.46. The molecule has 0 amide bonds. The summed E-state index contributed by atoms with van der Waals surface area (Å²) in [7, 11) is 0. The first-order valence-corrected chi connectivity index (χ1v) is 17.9. The van der Waals surface area contributed by atoms with Crippen molar-refractivity contribution < 1.29 is 0 Å². The third kappa shape index (κ3) is 4.52. The molecule has 0 N–H and O–H groups in total. The van der Waals surface area contributed by atoms with Gasteiger partial charge in [-0.25, -0.2) is 4.98 Å². The number of hydrogen-bond acceptors (Lipinski definition) is 3. The van der Waals surface area contributed by atoms with Crippen molar-refractivity contribution in [3.05, 3.63) is 182 Å². The summed E-state index contributed by atoms with van der Waals surface area (Å²) in [6.07, 6.45) is 3.66. The molecule has 0 fully saturated rings. The Kier molecular flexibility index (Phi) is 6.52. The predicted octanol–water partition coefficient (Wildman–Crippen LogP) is 12.6. The number of hydrogen-bond donors (Lipinski definition) is 0. The van der Waals surface area contributed by atoms with Crippen LogP contribution in [0.25, 0.3) is 105 Å². The summed E-state index contributed by atoms with van der Waals surface area (Å²) in [6.45, 7) is 0. The zero-order valence-electron chi connectivity index (χ0n) is 28.6. The van der Waals surface area contributed by atoms with Gasteiger partial charge in [0.05, 0.1) is 16.9 Å². The molecule has 0 aliphatic heterocycles. The summed E-state index contributed by atoms with van der Waals surface area (Å²) in [5.41, 5.74) is 10.3. The van der Waals surface area contributed by atoms with Crippen molar-refractivity contribution in [2.45, 2.75) is 0 Å².